The van der Waals surface area contributed by atoms with E-state index in [2.05, 4.69) is 12.2 Å². The lowest BCUT2D eigenvalue weighted by Crippen LogP contribution is -2.22. The summed E-state index contributed by atoms with van der Waals surface area (Å²) in [4.78, 5) is 0. The standard InChI is InChI=1S/C14H18ClNO2/c1-4-7-16-14(12-5-6-13(15)18-12)11-8-9(2)17-10(11)3/h5-6,8,14,16H,4,7H2,1-3H3. The number of nitrogens with one attached hydrogen (secondary N) is 1. The predicted molar refractivity (Wildman–Crippen MR) is 72.0 cm³/mol. The molecule has 0 bridgehead atoms. The topological polar surface area (TPSA) is 38.3 Å². The molecule has 18 heavy (non-hydrogen) atoms. The van der Waals surface area contributed by atoms with E-state index in [4.69, 9.17) is 20.4 Å². The predicted octanol–water partition coefficient (Wildman–Crippen LogP) is 4.23. The first-order valence-corrected chi connectivity index (χ1v) is 6.55. The van der Waals surface area contributed by atoms with Gasteiger partial charge in [-0.1, -0.05) is 6.92 Å². The van der Waals surface area contributed by atoms with Crippen molar-refractivity contribution < 1.29 is 8.83 Å². The molecular formula is C14H18ClNO2. The van der Waals surface area contributed by atoms with Gasteiger partial charge in [0.25, 0.3) is 0 Å². The molecule has 0 aliphatic heterocycles. The largest absolute Gasteiger partial charge is 0.466 e. The average Bonchev–Trinajstić information content (AvgIpc) is 2.87. The molecule has 0 spiro atoms. The van der Waals surface area contributed by atoms with Gasteiger partial charge in [0.15, 0.2) is 5.22 Å². The zero-order valence-corrected chi connectivity index (χ0v) is 11.7. The maximum absolute atomic E-state index is 5.85. The molecule has 1 N–H and O–H groups in total. The highest BCUT2D eigenvalue weighted by Gasteiger charge is 2.21. The molecule has 4 heteroatoms. The fourth-order valence-corrected chi connectivity index (χ4v) is 2.23. The van der Waals surface area contributed by atoms with E-state index in [1.165, 1.54) is 0 Å². The smallest absolute Gasteiger partial charge is 0.193 e. The van der Waals surface area contributed by atoms with Crippen LogP contribution in [0, 0.1) is 13.8 Å². The zero-order chi connectivity index (χ0) is 13.1. The first-order chi connectivity index (χ1) is 8.61. The van der Waals surface area contributed by atoms with Crippen LogP contribution in [0.3, 0.4) is 0 Å². The number of halogens is 1. The summed E-state index contributed by atoms with van der Waals surface area (Å²) >= 11 is 5.85. The fraction of sp³-hybridized carbons (Fsp3) is 0.429. The van der Waals surface area contributed by atoms with Gasteiger partial charge in [0.1, 0.15) is 17.3 Å². The Morgan fingerprint density at radius 2 is 2.06 bits per heavy atom. The van der Waals surface area contributed by atoms with Crippen molar-refractivity contribution in [3.8, 4) is 0 Å². The molecule has 2 heterocycles. The van der Waals surface area contributed by atoms with E-state index in [9.17, 15) is 0 Å². The number of rotatable bonds is 5. The van der Waals surface area contributed by atoms with E-state index in [0.717, 1.165) is 35.8 Å². The Hall–Kier alpha value is -1.19. The molecule has 2 rings (SSSR count). The molecule has 1 unspecified atom stereocenters. The minimum absolute atomic E-state index is 0.00472. The number of furan rings is 2. The van der Waals surface area contributed by atoms with Crippen molar-refractivity contribution in [1.29, 1.82) is 0 Å². The van der Waals surface area contributed by atoms with E-state index in [1.54, 1.807) is 6.07 Å². The van der Waals surface area contributed by atoms with Crippen LogP contribution in [0.25, 0.3) is 0 Å². The first kappa shape index (κ1) is 13.2. The zero-order valence-electron chi connectivity index (χ0n) is 10.9. The second-order valence-electron chi connectivity index (χ2n) is 4.40. The lowest BCUT2D eigenvalue weighted by molar-refractivity contribution is 0.439. The normalized spacial score (nSPS) is 12.9. The minimum Gasteiger partial charge on any atom is -0.466 e. The molecule has 0 aliphatic rings. The van der Waals surface area contributed by atoms with Crippen molar-refractivity contribution in [1.82, 2.24) is 5.32 Å². The number of hydrogen-bond acceptors (Lipinski definition) is 3. The van der Waals surface area contributed by atoms with Gasteiger partial charge in [0.2, 0.25) is 0 Å². The van der Waals surface area contributed by atoms with Gasteiger partial charge in [-0.3, -0.25) is 0 Å². The van der Waals surface area contributed by atoms with Crippen molar-refractivity contribution in [3.05, 3.63) is 46.3 Å². The molecule has 0 fully saturated rings. The minimum atomic E-state index is -0.00472. The third kappa shape index (κ3) is 2.79. The second-order valence-corrected chi connectivity index (χ2v) is 4.77. The van der Waals surface area contributed by atoms with Gasteiger partial charge < -0.3 is 14.2 Å². The fourth-order valence-electron chi connectivity index (χ4n) is 2.07. The molecule has 1 atom stereocenters. The Morgan fingerprint density at radius 1 is 1.28 bits per heavy atom. The molecule has 0 amide bonds. The van der Waals surface area contributed by atoms with Gasteiger partial charge in [0.05, 0.1) is 6.04 Å². The molecule has 0 saturated carbocycles. The molecule has 2 aromatic rings. The Bertz CT molecular complexity index is 516. The summed E-state index contributed by atoms with van der Waals surface area (Å²) in [5.74, 6) is 2.63. The van der Waals surface area contributed by atoms with Crippen LogP contribution >= 0.6 is 11.6 Å². The lowest BCUT2D eigenvalue weighted by atomic mass is 10.0. The van der Waals surface area contributed by atoms with Crippen LogP contribution in [-0.2, 0) is 0 Å². The molecule has 98 valence electrons. The highest BCUT2D eigenvalue weighted by Crippen LogP contribution is 2.29. The third-order valence-corrected chi connectivity index (χ3v) is 3.07. The SMILES string of the molecule is CCCNC(c1ccc(Cl)o1)c1cc(C)oc1C. The molecule has 0 saturated heterocycles. The summed E-state index contributed by atoms with van der Waals surface area (Å²) in [5, 5.41) is 3.87. The quantitative estimate of drug-likeness (QED) is 0.881. The number of hydrogen-bond donors (Lipinski definition) is 1. The van der Waals surface area contributed by atoms with Gasteiger partial charge in [-0.15, -0.1) is 0 Å². The maximum atomic E-state index is 5.85. The first-order valence-electron chi connectivity index (χ1n) is 6.17. The average molecular weight is 268 g/mol. The van der Waals surface area contributed by atoms with E-state index >= 15 is 0 Å². The summed E-state index contributed by atoms with van der Waals surface area (Å²) in [6, 6.07) is 5.70. The van der Waals surface area contributed by atoms with Gasteiger partial charge >= 0.3 is 0 Å². The molecule has 0 aromatic carbocycles. The Balaban J connectivity index is 2.33. The summed E-state index contributed by atoms with van der Waals surface area (Å²) in [6.07, 6.45) is 1.06. The Morgan fingerprint density at radius 3 is 2.56 bits per heavy atom. The van der Waals surface area contributed by atoms with Crippen molar-refractivity contribution in [2.24, 2.45) is 0 Å². The number of aryl methyl sites for hydroxylation is 2. The lowest BCUT2D eigenvalue weighted by Gasteiger charge is -2.15. The van der Waals surface area contributed by atoms with E-state index in [0.29, 0.717) is 5.22 Å². The van der Waals surface area contributed by atoms with Crippen LogP contribution in [0.15, 0.2) is 27.0 Å². The Kier molecular flexibility index (Phi) is 4.15. The van der Waals surface area contributed by atoms with Crippen LogP contribution < -0.4 is 5.32 Å². The van der Waals surface area contributed by atoms with Crippen molar-refractivity contribution in [2.75, 3.05) is 6.54 Å². The highest BCUT2D eigenvalue weighted by atomic mass is 35.5. The van der Waals surface area contributed by atoms with Gasteiger partial charge in [-0.25, -0.2) is 0 Å². The molecule has 2 aromatic heterocycles. The van der Waals surface area contributed by atoms with Crippen LogP contribution in [0.5, 0.6) is 0 Å². The summed E-state index contributed by atoms with van der Waals surface area (Å²) < 4.78 is 11.1. The van der Waals surface area contributed by atoms with Crippen LogP contribution in [-0.4, -0.2) is 6.54 Å². The maximum Gasteiger partial charge on any atom is 0.193 e. The monoisotopic (exact) mass is 267 g/mol. The van der Waals surface area contributed by atoms with E-state index in [1.807, 2.05) is 26.0 Å². The van der Waals surface area contributed by atoms with Crippen molar-refractivity contribution in [2.45, 2.75) is 33.2 Å². The molecule has 0 aliphatic carbocycles. The summed E-state index contributed by atoms with van der Waals surface area (Å²) in [7, 11) is 0. The molecule has 0 radical (unpaired) electrons. The van der Waals surface area contributed by atoms with Gasteiger partial charge in [-0.05, 0) is 56.6 Å². The highest BCUT2D eigenvalue weighted by molar-refractivity contribution is 6.28. The van der Waals surface area contributed by atoms with E-state index < -0.39 is 0 Å². The third-order valence-electron chi connectivity index (χ3n) is 2.87. The van der Waals surface area contributed by atoms with Crippen LogP contribution in [0.1, 0.15) is 42.2 Å². The molecule has 3 nitrogen and oxygen atoms in total. The van der Waals surface area contributed by atoms with Gasteiger partial charge in [-0.2, -0.15) is 0 Å². The van der Waals surface area contributed by atoms with Crippen molar-refractivity contribution in [3.63, 3.8) is 0 Å². The second kappa shape index (κ2) is 5.63. The van der Waals surface area contributed by atoms with Crippen molar-refractivity contribution >= 4 is 11.6 Å². The van der Waals surface area contributed by atoms with Crippen LogP contribution in [0.4, 0.5) is 0 Å². The summed E-state index contributed by atoms with van der Waals surface area (Å²) in [6.45, 7) is 6.95. The molecular weight excluding hydrogens is 250 g/mol. The Labute approximate surface area is 112 Å². The van der Waals surface area contributed by atoms with E-state index in [-0.39, 0.29) is 6.04 Å². The van der Waals surface area contributed by atoms with Gasteiger partial charge in [0, 0.05) is 5.56 Å². The van der Waals surface area contributed by atoms with Crippen LogP contribution in [0.2, 0.25) is 5.22 Å². The summed E-state index contributed by atoms with van der Waals surface area (Å²) in [5.41, 5.74) is 1.10.